The lowest BCUT2D eigenvalue weighted by Crippen LogP contribution is -2.36. The minimum atomic E-state index is 0.555. The first-order valence-electron chi connectivity index (χ1n) is 9.65. The van der Waals surface area contributed by atoms with E-state index < -0.39 is 0 Å². The molecular formula is C21H21N7O. The van der Waals surface area contributed by atoms with Gasteiger partial charge in [0, 0.05) is 31.0 Å². The minimum Gasteiger partial charge on any atom is -0.378 e. The molecule has 8 nitrogen and oxygen atoms in total. The fourth-order valence-electron chi connectivity index (χ4n) is 3.36. The Morgan fingerprint density at radius 1 is 1.00 bits per heavy atom. The lowest BCUT2D eigenvalue weighted by atomic mass is 10.2. The number of hydrogen-bond acceptors (Lipinski definition) is 7. The van der Waals surface area contributed by atoms with Crippen molar-refractivity contribution in [2.24, 2.45) is 0 Å². The molecule has 1 fully saturated rings. The topological polar surface area (TPSA) is 91.9 Å². The zero-order valence-corrected chi connectivity index (χ0v) is 15.9. The molecule has 8 heteroatoms. The normalized spacial score (nSPS) is 14.3. The van der Waals surface area contributed by atoms with Gasteiger partial charge in [-0.3, -0.25) is 0 Å². The second-order valence-electron chi connectivity index (χ2n) is 6.82. The van der Waals surface area contributed by atoms with Crippen LogP contribution in [-0.4, -0.2) is 51.2 Å². The van der Waals surface area contributed by atoms with E-state index in [0.717, 1.165) is 60.4 Å². The number of hydrogen-bond donors (Lipinski definition) is 2. The van der Waals surface area contributed by atoms with Crippen LogP contribution in [0, 0.1) is 0 Å². The van der Waals surface area contributed by atoms with Gasteiger partial charge in [-0.2, -0.15) is 0 Å². The molecule has 29 heavy (non-hydrogen) atoms. The molecule has 0 saturated carbocycles. The number of nitrogens with zero attached hydrogens (tertiary/aromatic N) is 5. The van der Waals surface area contributed by atoms with Crippen LogP contribution >= 0.6 is 0 Å². The number of para-hydroxylation sites is 2. The largest absolute Gasteiger partial charge is 0.378 e. The third-order valence-corrected chi connectivity index (χ3v) is 4.87. The first kappa shape index (κ1) is 17.6. The number of aromatic amines is 1. The summed E-state index contributed by atoms with van der Waals surface area (Å²) in [5.74, 6) is 3.20. The summed E-state index contributed by atoms with van der Waals surface area (Å²) < 4.78 is 5.40. The molecule has 1 aliphatic rings. The van der Waals surface area contributed by atoms with Gasteiger partial charge in [0.2, 0.25) is 0 Å². The summed E-state index contributed by atoms with van der Waals surface area (Å²) in [6, 6.07) is 13.9. The predicted molar refractivity (Wildman–Crippen MR) is 112 cm³/mol. The van der Waals surface area contributed by atoms with Crippen LogP contribution < -0.4 is 10.2 Å². The van der Waals surface area contributed by atoms with Gasteiger partial charge in [0.05, 0.1) is 30.8 Å². The quantitative estimate of drug-likeness (QED) is 0.544. The third kappa shape index (κ3) is 3.88. The van der Waals surface area contributed by atoms with Crippen LogP contribution in [0.2, 0.25) is 0 Å². The van der Waals surface area contributed by atoms with Gasteiger partial charge < -0.3 is 19.9 Å². The maximum absolute atomic E-state index is 5.40. The molecule has 0 amide bonds. The van der Waals surface area contributed by atoms with E-state index in [4.69, 9.17) is 4.74 Å². The fraction of sp³-hybridized carbons (Fsp3) is 0.238. The number of H-pyrrole nitrogens is 1. The Balaban J connectivity index is 1.28. The Labute approximate surface area is 168 Å². The van der Waals surface area contributed by atoms with E-state index in [9.17, 15) is 0 Å². The highest BCUT2D eigenvalue weighted by Gasteiger charge is 2.13. The van der Waals surface area contributed by atoms with Gasteiger partial charge in [-0.15, -0.1) is 0 Å². The van der Waals surface area contributed by atoms with Crippen LogP contribution in [0.15, 0.2) is 54.9 Å². The van der Waals surface area contributed by atoms with Gasteiger partial charge >= 0.3 is 0 Å². The molecule has 4 heterocycles. The summed E-state index contributed by atoms with van der Waals surface area (Å²) in [5, 5.41) is 3.31. The van der Waals surface area contributed by atoms with Crippen molar-refractivity contribution in [1.82, 2.24) is 24.9 Å². The highest BCUT2D eigenvalue weighted by atomic mass is 16.5. The van der Waals surface area contributed by atoms with Crippen molar-refractivity contribution < 1.29 is 4.74 Å². The summed E-state index contributed by atoms with van der Waals surface area (Å²) in [6.45, 7) is 3.77. The van der Waals surface area contributed by atoms with E-state index in [-0.39, 0.29) is 0 Å². The van der Waals surface area contributed by atoms with Crippen LogP contribution in [0.4, 0.5) is 11.6 Å². The molecule has 146 valence electrons. The van der Waals surface area contributed by atoms with E-state index in [0.29, 0.717) is 12.4 Å². The number of morpholine rings is 1. The van der Waals surface area contributed by atoms with Gasteiger partial charge in [0.1, 0.15) is 17.5 Å². The maximum atomic E-state index is 5.40. The standard InChI is InChI=1S/C21H21N7O/c1-2-4-17-16(3-1)25-19(26-17)14-23-18-7-8-22-21(27-18)15-5-6-20(24-13-15)28-9-11-29-12-10-28/h1-8,13H,9-12,14H2,(H,25,26)(H,22,23,27). The van der Waals surface area contributed by atoms with E-state index in [1.54, 1.807) is 6.20 Å². The minimum absolute atomic E-state index is 0.555. The number of rotatable bonds is 5. The molecular weight excluding hydrogens is 366 g/mol. The van der Waals surface area contributed by atoms with Gasteiger partial charge in [-0.1, -0.05) is 12.1 Å². The SMILES string of the molecule is c1ccc2[nH]c(CNc3ccnc(-c4ccc(N5CCOCC5)nc4)n3)nc2c1. The molecule has 0 unspecified atom stereocenters. The van der Waals surface area contributed by atoms with Crippen molar-refractivity contribution in [3.8, 4) is 11.4 Å². The number of fused-ring (bicyclic) bond motifs is 1. The Kier molecular flexibility index (Phi) is 4.75. The Morgan fingerprint density at radius 3 is 2.72 bits per heavy atom. The second-order valence-corrected chi connectivity index (χ2v) is 6.82. The van der Waals surface area contributed by atoms with Crippen molar-refractivity contribution in [2.75, 3.05) is 36.5 Å². The number of imidazole rings is 1. The van der Waals surface area contributed by atoms with Crippen molar-refractivity contribution >= 4 is 22.7 Å². The average Bonchev–Trinajstić information content (AvgIpc) is 3.22. The first-order valence-corrected chi connectivity index (χ1v) is 9.65. The monoisotopic (exact) mass is 387 g/mol. The van der Waals surface area contributed by atoms with E-state index >= 15 is 0 Å². The van der Waals surface area contributed by atoms with Crippen molar-refractivity contribution in [3.63, 3.8) is 0 Å². The third-order valence-electron chi connectivity index (χ3n) is 4.87. The smallest absolute Gasteiger partial charge is 0.163 e. The maximum Gasteiger partial charge on any atom is 0.163 e. The number of pyridine rings is 1. The van der Waals surface area contributed by atoms with Crippen molar-refractivity contribution in [2.45, 2.75) is 6.54 Å². The van der Waals surface area contributed by atoms with Gasteiger partial charge in [-0.25, -0.2) is 19.9 Å². The van der Waals surface area contributed by atoms with Crippen LogP contribution in [0.5, 0.6) is 0 Å². The molecule has 1 aromatic carbocycles. The van der Waals surface area contributed by atoms with Crippen molar-refractivity contribution in [3.05, 3.63) is 60.7 Å². The van der Waals surface area contributed by atoms with Crippen LogP contribution in [0.3, 0.4) is 0 Å². The van der Waals surface area contributed by atoms with Gasteiger partial charge in [0.15, 0.2) is 5.82 Å². The summed E-state index contributed by atoms with van der Waals surface area (Å²) in [6.07, 6.45) is 3.57. The summed E-state index contributed by atoms with van der Waals surface area (Å²) in [4.78, 5) is 23.7. The second kappa shape index (κ2) is 7.84. The van der Waals surface area contributed by atoms with Crippen LogP contribution in [0.1, 0.15) is 5.82 Å². The summed E-state index contributed by atoms with van der Waals surface area (Å²) >= 11 is 0. The van der Waals surface area contributed by atoms with E-state index in [1.165, 1.54) is 0 Å². The average molecular weight is 387 g/mol. The number of anilines is 2. The van der Waals surface area contributed by atoms with Gasteiger partial charge in [0.25, 0.3) is 0 Å². The summed E-state index contributed by atoms with van der Waals surface area (Å²) in [5.41, 5.74) is 2.87. The zero-order chi connectivity index (χ0) is 19.5. The number of aromatic nitrogens is 5. The predicted octanol–water partition coefficient (Wildman–Crippen LogP) is 2.86. The highest BCUT2D eigenvalue weighted by molar-refractivity contribution is 5.74. The fourth-order valence-corrected chi connectivity index (χ4v) is 3.36. The lowest BCUT2D eigenvalue weighted by Gasteiger charge is -2.27. The Morgan fingerprint density at radius 2 is 1.90 bits per heavy atom. The molecule has 0 spiro atoms. The van der Waals surface area contributed by atoms with E-state index in [2.05, 4.69) is 35.1 Å². The number of nitrogens with one attached hydrogen (secondary N) is 2. The molecule has 1 aliphatic heterocycles. The molecule has 0 atom stereocenters. The molecule has 1 saturated heterocycles. The van der Waals surface area contributed by atoms with Crippen LogP contribution in [-0.2, 0) is 11.3 Å². The number of ether oxygens (including phenoxy) is 1. The zero-order valence-electron chi connectivity index (χ0n) is 15.9. The molecule has 0 aliphatic carbocycles. The van der Waals surface area contributed by atoms with Crippen molar-refractivity contribution in [1.29, 1.82) is 0 Å². The summed E-state index contributed by atoms with van der Waals surface area (Å²) in [7, 11) is 0. The lowest BCUT2D eigenvalue weighted by molar-refractivity contribution is 0.122. The Bertz CT molecular complexity index is 1070. The van der Waals surface area contributed by atoms with Gasteiger partial charge in [-0.05, 0) is 30.3 Å². The van der Waals surface area contributed by atoms with E-state index in [1.807, 2.05) is 48.7 Å². The molecule has 3 aromatic heterocycles. The molecule has 5 rings (SSSR count). The highest BCUT2D eigenvalue weighted by Crippen LogP contribution is 2.20. The number of benzene rings is 1. The molecule has 4 aromatic rings. The molecule has 0 bridgehead atoms. The van der Waals surface area contributed by atoms with Crippen LogP contribution in [0.25, 0.3) is 22.4 Å². The Hall–Kier alpha value is -3.52. The first-order chi connectivity index (χ1) is 14.3. The molecule has 2 N–H and O–H groups in total. The molecule has 0 radical (unpaired) electrons.